The van der Waals surface area contributed by atoms with E-state index in [0.29, 0.717) is 18.7 Å². The Labute approximate surface area is 254 Å². The minimum atomic E-state index is -4.73. The molecule has 3 heterocycles. The van der Waals surface area contributed by atoms with E-state index >= 15 is 0 Å². The summed E-state index contributed by atoms with van der Waals surface area (Å²) in [5.74, 6) is -1.52. The van der Waals surface area contributed by atoms with Crippen LogP contribution in [-0.4, -0.2) is 74.9 Å². The summed E-state index contributed by atoms with van der Waals surface area (Å²) in [5.41, 5.74) is -1.42. The summed E-state index contributed by atoms with van der Waals surface area (Å²) in [6.45, 7) is 13.8. The summed E-state index contributed by atoms with van der Waals surface area (Å²) in [5, 5.41) is 22.0. The van der Waals surface area contributed by atoms with Crippen LogP contribution in [0, 0.1) is 6.92 Å². The quantitative estimate of drug-likeness (QED) is 0.137. The van der Waals surface area contributed by atoms with Gasteiger partial charge in [0, 0.05) is 41.0 Å². The Morgan fingerprint density at radius 2 is 1.80 bits per heavy atom. The van der Waals surface area contributed by atoms with Gasteiger partial charge in [-0.2, -0.15) is 28.2 Å². The molecule has 4 N–H and O–H groups in total. The molecule has 244 valence electrons. The molecule has 0 atom stereocenters. The number of anilines is 3. The van der Waals surface area contributed by atoms with Gasteiger partial charge < -0.3 is 35.1 Å². The molecular formula is C27H41F3N8O5Si. The van der Waals surface area contributed by atoms with E-state index < -0.39 is 37.5 Å². The summed E-state index contributed by atoms with van der Waals surface area (Å²) in [7, 11) is 0.0169. The lowest BCUT2D eigenvalue weighted by Gasteiger charge is -2.19. The van der Waals surface area contributed by atoms with Crippen LogP contribution in [0.25, 0.3) is 11.0 Å². The molecule has 0 aliphatic rings. The highest BCUT2D eigenvalue weighted by molar-refractivity contribution is 6.76. The number of fused-ring (bicyclic) bond motifs is 1. The third-order valence-corrected chi connectivity index (χ3v) is 7.93. The number of rotatable bonds is 13. The number of nitrogens with one attached hydrogen (secondary N) is 3. The number of amides is 1. The van der Waals surface area contributed by atoms with Crippen LogP contribution in [0.2, 0.25) is 25.7 Å². The molecule has 3 rings (SSSR count). The number of hydrogen-bond acceptors (Lipinski definition) is 9. The molecule has 0 unspecified atom stereocenters. The Kier molecular flexibility index (Phi) is 10.6. The largest absolute Gasteiger partial charge is 0.476 e. The van der Waals surface area contributed by atoms with Crippen molar-refractivity contribution in [3.05, 3.63) is 23.1 Å². The number of alkyl carbamates (subject to hydrolysis) is 1. The van der Waals surface area contributed by atoms with Gasteiger partial charge in [-0.3, -0.25) is 4.68 Å². The normalized spacial score (nSPS) is 12.4. The Morgan fingerprint density at radius 1 is 1.11 bits per heavy atom. The van der Waals surface area contributed by atoms with E-state index in [2.05, 4.69) is 50.7 Å². The molecule has 13 nitrogen and oxygen atoms in total. The molecule has 17 heteroatoms. The average Bonchev–Trinajstić information content (AvgIpc) is 3.36. The summed E-state index contributed by atoms with van der Waals surface area (Å²) in [6.07, 6.45) is -4.07. The third kappa shape index (κ3) is 9.32. The molecule has 1 amide bonds. The van der Waals surface area contributed by atoms with Crippen molar-refractivity contribution < 1.29 is 37.3 Å². The van der Waals surface area contributed by atoms with Gasteiger partial charge in [0.15, 0.2) is 5.69 Å². The number of aromatic carboxylic acids is 1. The van der Waals surface area contributed by atoms with Crippen LogP contribution in [0.4, 0.5) is 35.4 Å². The van der Waals surface area contributed by atoms with Gasteiger partial charge in [-0.05, 0) is 40.2 Å². The zero-order valence-electron chi connectivity index (χ0n) is 26.3. The first-order valence-electron chi connectivity index (χ1n) is 14.1. The molecule has 3 aromatic heterocycles. The zero-order chi connectivity index (χ0) is 33.0. The van der Waals surface area contributed by atoms with Gasteiger partial charge in [0.2, 0.25) is 5.95 Å². The Morgan fingerprint density at radius 3 is 2.39 bits per heavy atom. The van der Waals surface area contributed by atoms with Gasteiger partial charge in [-0.1, -0.05) is 19.6 Å². The molecule has 0 spiro atoms. The van der Waals surface area contributed by atoms with Gasteiger partial charge in [0.1, 0.15) is 23.8 Å². The van der Waals surface area contributed by atoms with Crippen molar-refractivity contribution in [1.29, 1.82) is 0 Å². The monoisotopic (exact) mass is 642 g/mol. The number of carboxylic acids is 1. The molecular weight excluding hydrogens is 601 g/mol. The Balaban J connectivity index is 1.99. The number of ether oxygens (including phenoxy) is 2. The van der Waals surface area contributed by atoms with Gasteiger partial charge >= 0.3 is 18.2 Å². The molecule has 0 radical (unpaired) electrons. The number of carboxylic acid groups (broad SMARTS) is 1. The highest BCUT2D eigenvalue weighted by Gasteiger charge is 2.37. The van der Waals surface area contributed by atoms with Crippen LogP contribution in [0.15, 0.2) is 6.20 Å². The smallest absolute Gasteiger partial charge is 0.418 e. The lowest BCUT2D eigenvalue weighted by atomic mass is 10.2. The minimum Gasteiger partial charge on any atom is -0.476 e. The number of alkyl halides is 3. The van der Waals surface area contributed by atoms with Crippen molar-refractivity contribution in [3.63, 3.8) is 0 Å². The predicted molar refractivity (Wildman–Crippen MR) is 162 cm³/mol. The van der Waals surface area contributed by atoms with E-state index in [1.165, 1.54) is 16.3 Å². The van der Waals surface area contributed by atoms with Crippen molar-refractivity contribution in [3.8, 4) is 0 Å². The van der Waals surface area contributed by atoms with Crippen LogP contribution in [0.1, 0.15) is 48.9 Å². The second-order valence-electron chi connectivity index (χ2n) is 12.5. The van der Waals surface area contributed by atoms with E-state index in [4.69, 9.17) is 9.47 Å². The van der Waals surface area contributed by atoms with Crippen LogP contribution in [0.3, 0.4) is 0 Å². The SMILES string of the molecule is Cc1nn(C)c(C(=O)O)c1Nc1nc(NCCCNC(=O)OC(C)(C)C)c2c(C(F)(F)F)cn(COCC[Si](C)(C)C)c2n1. The number of aromatic nitrogens is 5. The summed E-state index contributed by atoms with van der Waals surface area (Å²) < 4.78 is 56.2. The fraction of sp³-hybridized carbons (Fsp3) is 0.593. The summed E-state index contributed by atoms with van der Waals surface area (Å²) in [4.78, 5) is 32.5. The topological polar surface area (TPSA) is 157 Å². The number of carbonyl (C=O) groups excluding carboxylic acids is 1. The highest BCUT2D eigenvalue weighted by atomic mass is 28.3. The van der Waals surface area contributed by atoms with Crippen molar-refractivity contribution in [2.24, 2.45) is 7.05 Å². The fourth-order valence-electron chi connectivity index (χ4n) is 4.19. The van der Waals surface area contributed by atoms with Gasteiger partial charge in [-0.15, -0.1) is 0 Å². The van der Waals surface area contributed by atoms with Crippen LogP contribution < -0.4 is 16.0 Å². The van der Waals surface area contributed by atoms with E-state index in [-0.39, 0.29) is 54.0 Å². The predicted octanol–water partition coefficient (Wildman–Crippen LogP) is 5.57. The first-order valence-corrected chi connectivity index (χ1v) is 17.8. The van der Waals surface area contributed by atoms with Gasteiger partial charge in [0.25, 0.3) is 0 Å². The lowest BCUT2D eigenvalue weighted by Crippen LogP contribution is -2.33. The first kappa shape index (κ1) is 34.6. The molecule has 0 aromatic carbocycles. The zero-order valence-corrected chi connectivity index (χ0v) is 27.3. The Hall–Kier alpha value is -3.86. The number of nitrogens with zero attached hydrogens (tertiary/aromatic N) is 5. The molecule has 0 aliphatic heterocycles. The number of hydrogen-bond donors (Lipinski definition) is 4. The first-order chi connectivity index (χ1) is 20.3. The second-order valence-corrected chi connectivity index (χ2v) is 18.1. The number of aryl methyl sites for hydroxylation is 2. The van der Waals surface area contributed by atoms with Crippen molar-refractivity contribution in [2.75, 3.05) is 30.3 Å². The van der Waals surface area contributed by atoms with Crippen LogP contribution in [-0.2, 0) is 29.4 Å². The molecule has 0 saturated carbocycles. The molecule has 0 aliphatic carbocycles. The highest BCUT2D eigenvalue weighted by Crippen LogP contribution is 2.39. The summed E-state index contributed by atoms with van der Waals surface area (Å²) >= 11 is 0. The molecule has 3 aromatic rings. The van der Waals surface area contributed by atoms with Crippen molar-refractivity contribution in [1.82, 2.24) is 29.6 Å². The van der Waals surface area contributed by atoms with Crippen molar-refractivity contribution >= 4 is 48.6 Å². The fourth-order valence-corrected chi connectivity index (χ4v) is 4.95. The van der Waals surface area contributed by atoms with Crippen molar-refractivity contribution in [2.45, 2.75) is 78.3 Å². The maximum absolute atomic E-state index is 14.3. The lowest BCUT2D eigenvalue weighted by molar-refractivity contribution is -0.136. The van der Waals surface area contributed by atoms with Gasteiger partial charge in [0.05, 0.1) is 22.3 Å². The molecule has 0 bridgehead atoms. The van der Waals surface area contributed by atoms with Crippen LogP contribution >= 0.6 is 0 Å². The van der Waals surface area contributed by atoms with E-state index in [1.54, 1.807) is 27.7 Å². The molecule has 0 fully saturated rings. The van der Waals surface area contributed by atoms with Gasteiger partial charge in [-0.25, -0.2) is 9.59 Å². The number of carbonyl (C=O) groups is 2. The summed E-state index contributed by atoms with van der Waals surface area (Å²) in [6, 6.07) is 0.822. The molecule has 44 heavy (non-hydrogen) atoms. The third-order valence-electron chi connectivity index (χ3n) is 6.22. The van der Waals surface area contributed by atoms with E-state index in [1.807, 2.05) is 0 Å². The maximum Gasteiger partial charge on any atom is 0.418 e. The molecule has 0 saturated heterocycles. The van der Waals surface area contributed by atoms with Crippen LogP contribution in [0.5, 0.6) is 0 Å². The minimum absolute atomic E-state index is 0.0596. The second kappa shape index (κ2) is 13.4. The average molecular weight is 643 g/mol. The standard InChI is InChI=1S/C27H41F3N8O5Si/c1-16-19(20(23(39)40)37(5)36-16)33-24-34-21(31-10-9-11-32-25(41)43-26(2,3)4)18-17(27(28,29)30)14-38(22(18)35-24)15-42-12-13-44(6,7)8/h14H,9-13,15H2,1-8H3,(H,32,41)(H,39,40)(H2,31,33,34,35). The van der Waals surface area contributed by atoms with E-state index in [0.717, 1.165) is 12.2 Å². The maximum atomic E-state index is 14.3. The Bertz CT molecular complexity index is 1490. The van der Waals surface area contributed by atoms with E-state index in [9.17, 15) is 27.9 Å². The number of halogens is 3.